The molecule has 0 aliphatic carbocycles. The second-order valence-corrected chi connectivity index (χ2v) is 9.78. The first kappa shape index (κ1) is 22.0. The molecule has 0 amide bonds. The number of fused-ring (bicyclic) bond motifs is 2. The molecule has 35 heavy (non-hydrogen) atoms. The highest BCUT2D eigenvalue weighted by molar-refractivity contribution is 5.83. The van der Waals surface area contributed by atoms with Gasteiger partial charge >= 0.3 is 0 Å². The summed E-state index contributed by atoms with van der Waals surface area (Å²) in [6.07, 6.45) is 4.16. The molecule has 2 aromatic carbocycles. The maximum absolute atomic E-state index is 13.6. The van der Waals surface area contributed by atoms with E-state index in [2.05, 4.69) is 62.7 Å². The van der Waals surface area contributed by atoms with Gasteiger partial charge in [-0.1, -0.05) is 24.3 Å². The number of nitrogens with zero attached hydrogens (tertiary/aromatic N) is 5. The van der Waals surface area contributed by atoms with Crippen molar-refractivity contribution in [2.75, 3.05) is 18.1 Å². The third-order valence-corrected chi connectivity index (χ3v) is 7.30. The minimum absolute atomic E-state index is 0.0895. The van der Waals surface area contributed by atoms with Crippen molar-refractivity contribution in [2.45, 2.75) is 58.2 Å². The molecule has 1 saturated heterocycles. The van der Waals surface area contributed by atoms with E-state index >= 15 is 0 Å². The predicted octanol–water partition coefficient (Wildman–Crippen LogP) is 3.85. The molecular formula is C27H30N6O2. The van der Waals surface area contributed by atoms with Crippen LogP contribution in [-0.2, 0) is 17.7 Å². The fourth-order valence-corrected chi connectivity index (χ4v) is 5.69. The number of hydrogen-bond acceptors (Lipinski definition) is 6. The summed E-state index contributed by atoms with van der Waals surface area (Å²) in [6.45, 7) is 6.31. The van der Waals surface area contributed by atoms with Crippen LogP contribution in [0.4, 0.5) is 5.69 Å². The number of para-hydroxylation sites is 1. The summed E-state index contributed by atoms with van der Waals surface area (Å²) in [5.74, 6) is 0.673. The summed E-state index contributed by atoms with van der Waals surface area (Å²) in [6, 6.07) is 14.2. The molecule has 0 spiro atoms. The Morgan fingerprint density at radius 1 is 1.17 bits per heavy atom. The van der Waals surface area contributed by atoms with E-state index in [0.29, 0.717) is 17.9 Å². The Bertz CT molecular complexity index is 1440. The molecule has 0 unspecified atom stereocenters. The molecule has 1 N–H and O–H groups in total. The van der Waals surface area contributed by atoms with Crippen LogP contribution in [-0.4, -0.2) is 44.4 Å². The second kappa shape index (κ2) is 8.92. The lowest BCUT2D eigenvalue weighted by Crippen LogP contribution is -2.39. The average Bonchev–Trinajstić information content (AvgIpc) is 3.53. The number of aromatic amines is 1. The Balaban J connectivity index is 1.54. The van der Waals surface area contributed by atoms with Crippen LogP contribution in [0, 0.1) is 13.8 Å². The molecule has 6 rings (SSSR count). The molecular weight excluding hydrogens is 440 g/mol. The molecule has 2 atom stereocenters. The van der Waals surface area contributed by atoms with Crippen LogP contribution >= 0.6 is 0 Å². The van der Waals surface area contributed by atoms with Gasteiger partial charge in [-0.3, -0.25) is 4.79 Å². The van der Waals surface area contributed by atoms with Gasteiger partial charge in [-0.05, 0) is 84.8 Å². The minimum atomic E-state index is -0.415. The second-order valence-electron chi connectivity index (χ2n) is 9.78. The lowest BCUT2D eigenvalue weighted by molar-refractivity contribution is 0.0924. The Hall–Kier alpha value is -3.52. The zero-order valence-electron chi connectivity index (χ0n) is 20.2. The molecule has 4 aromatic rings. The summed E-state index contributed by atoms with van der Waals surface area (Å²) < 4.78 is 7.72. The maximum atomic E-state index is 13.6. The summed E-state index contributed by atoms with van der Waals surface area (Å²) in [7, 11) is 0. The minimum Gasteiger partial charge on any atom is -0.376 e. The normalized spacial score (nSPS) is 18.7. The number of aromatic nitrogens is 5. The number of hydrogen-bond donors (Lipinski definition) is 1. The molecule has 8 nitrogen and oxygen atoms in total. The molecule has 0 radical (unpaired) electrons. The number of benzene rings is 2. The number of rotatable bonds is 5. The SMILES string of the molecule is Cc1cc(C)c2cc([C@@H](c3nnnn3C[C@@H]3CCCO3)N3CCCc4ccccc43)c(=O)[nH]c2c1. The fourth-order valence-electron chi connectivity index (χ4n) is 5.69. The number of pyridine rings is 1. The number of tetrazole rings is 1. The number of aryl methyl sites for hydroxylation is 3. The van der Waals surface area contributed by atoms with Crippen molar-refractivity contribution in [3.63, 3.8) is 0 Å². The van der Waals surface area contributed by atoms with Crippen molar-refractivity contribution in [3.05, 3.63) is 80.9 Å². The van der Waals surface area contributed by atoms with E-state index in [1.807, 2.05) is 23.7 Å². The highest BCUT2D eigenvalue weighted by Crippen LogP contribution is 2.37. The number of H-pyrrole nitrogens is 1. The first-order valence-corrected chi connectivity index (χ1v) is 12.4. The van der Waals surface area contributed by atoms with E-state index in [-0.39, 0.29) is 11.7 Å². The smallest absolute Gasteiger partial charge is 0.254 e. The van der Waals surface area contributed by atoms with E-state index in [1.165, 1.54) is 5.56 Å². The molecule has 4 heterocycles. The molecule has 0 bridgehead atoms. The van der Waals surface area contributed by atoms with Crippen molar-refractivity contribution in [2.24, 2.45) is 0 Å². The molecule has 0 saturated carbocycles. The Morgan fingerprint density at radius 2 is 2.06 bits per heavy atom. The van der Waals surface area contributed by atoms with Crippen molar-refractivity contribution in [1.82, 2.24) is 25.2 Å². The van der Waals surface area contributed by atoms with E-state index in [4.69, 9.17) is 4.74 Å². The zero-order chi connectivity index (χ0) is 23.9. The molecule has 8 heteroatoms. The molecule has 1 fully saturated rings. The number of anilines is 1. The third kappa shape index (κ3) is 4.01. The topological polar surface area (TPSA) is 88.9 Å². The zero-order valence-corrected chi connectivity index (χ0v) is 20.2. The van der Waals surface area contributed by atoms with Gasteiger partial charge in [-0.15, -0.1) is 5.10 Å². The Kier molecular flexibility index (Phi) is 5.60. The lowest BCUT2D eigenvalue weighted by atomic mass is 9.95. The average molecular weight is 471 g/mol. The van der Waals surface area contributed by atoms with Crippen molar-refractivity contribution in [1.29, 1.82) is 0 Å². The van der Waals surface area contributed by atoms with E-state index in [9.17, 15) is 4.79 Å². The van der Waals surface area contributed by atoms with Gasteiger partial charge in [0.05, 0.1) is 12.6 Å². The van der Waals surface area contributed by atoms with Crippen LogP contribution in [0.15, 0.2) is 47.3 Å². The third-order valence-electron chi connectivity index (χ3n) is 7.30. The van der Waals surface area contributed by atoms with Crippen LogP contribution in [0.5, 0.6) is 0 Å². The number of ether oxygens (including phenoxy) is 1. The van der Waals surface area contributed by atoms with E-state index in [0.717, 1.165) is 66.6 Å². The summed E-state index contributed by atoms with van der Waals surface area (Å²) in [4.78, 5) is 19.1. The largest absolute Gasteiger partial charge is 0.376 e. The van der Waals surface area contributed by atoms with Crippen LogP contribution in [0.1, 0.15) is 53.4 Å². The standard InChI is InChI=1S/C27H30N6O2/c1-17-13-18(2)21-15-22(27(34)28-23(21)14-17)25(32-11-5-8-19-7-3-4-10-24(19)32)26-29-30-31-33(26)16-20-9-6-12-35-20/h3-4,7,10,13-15,20,25H,5-6,8-9,11-12,16H2,1-2H3,(H,28,34)/t20-,25-/m0/s1. The van der Waals surface area contributed by atoms with Gasteiger partial charge in [-0.25, -0.2) is 4.68 Å². The van der Waals surface area contributed by atoms with E-state index < -0.39 is 6.04 Å². The number of nitrogens with one attached hydrogen (secondary N) is 1. The highest BCUT2D eigenvalue weighted by Gasteiger charge is 2.34. The van der Waals surface area contributed by atoms with Gasteiger partial charge in [-0.2, -0.15) is 0 Å². The van der Waals surface area contributed by atoms with Gasteiger partial charge in [0.15, 0.2) is 5.82 Å². The van der Waals surface area contributed by atoms with Gasteiger partial charge in [0, 0.05) is 35.3 Å². The monoisotopic (exact) mass is 470 g/mol. The maximum Gasteiger partial charge on any atom is 0.254 e. The lowest BCUT2D eigenvalue weighted by Gasteiger charge is -2.37. The summed E-state index contributed by atoms with van der Waals surface area (Å²) in [5.41, 5.74) is 6.08. The van der Waals surface area contributed by atoms with Gasteiger partial charge in [0.2, 0.25) is 0 Å². The first-order valence-electron chi connectivity index (χ1n) is 12.4. The Labute approximate surface area is 203 Å². The van der Waals surface area contributed by atoms with Crippen molar-refractivity contribution >= 4 is 16.6 Å². The molecule has 2 aliphatic heterocycles. The van der Waals surface area contributed by atoms with Crippen LogP contribution < -0.4 is 10.5 Å². The van der Waals surface area contributed by atoms with Gasteiger partial charge in [0.25, 0.3) is 5.56 Å². The first-order chi connectivity index (χ1) is 17.1. The van der Waals surface area contributed by atoms with Gasteiger partial charge < -0.3 is 14.6 Å². The van der Waals surface area contributed by atoms with Gasteiger partial charge in [0.1, 0.15) is 6.04 Å². The van der Waals surface area contributed by atoms with Crippen molar-refractivity contribution < 1.29 is 4.74 Å². The predicted molar refractivity (Wildman–Crippen MR) is 135 cm³/mol. The van der Waals surface area contributed by atoms with Crippen LogP contribution in [0.25, 0.3) is 10.9 Å². The van der Waals surface area contributed by atoms with E-state index in [1.54, 1.807) is 0 Å². The quantitative estimate of drug-likeness (QED) is 0.477. The Morgan fingerprint density at radius 3 is 2.91 bits per heavy atom. The summed E-state index contributed by atoms with van der Waals surface area (Å²) in [5, 5.41) is 13.9. The fraction of sp³-hybridized carbons (Fsp3) is 0.407. The molecule has 2 aliphatic rings. The van der Waals surface area contributed by atoms with Crippen LogP contribution in [0.2, 0.25) is 0 Å². The van der Waals surface area contributed by atoms with Crippen LogP contribution in [0.3, 0.4) is 0 Å². The van der Waals surface area contributed by atoms with Crippen molar-refractivity contribution in [3.8, 4) is 0 Å². The molecule has 180 valence electrons. The summed E-state index contributed by atoms with van der Waals surface area (Å²) >= 11 is 0. The highest BCUT2D eigenvalue weighted by atomic mass is 16.5. The molecule has 2 aromatic heterocycles.